The van der Waals surface area contributed by atoms with Gasteiger partial charge in [-0.05, 0) is 56.7 Å². The fourth-order valence-electron chi connectivity index (χ4n) is 2.09. The van der Waals surface area contributed by atoms with Crippen LogP contribution in [0.15, 0.2) is 48.8 Å². The molecule has 1 unspecified atom stereocenters. The van der Waals surface area contributed by atoms with Gasteiger partial charge in [0.1, 0.15) is 5.75 Å². The smallest absolute Gasteiger partial charge is 0.179 e. The summed E-state index contributed by atoms with van der Waals surface area (Å²) in [7, 11) is 0. The van der Waals surface area contributed by atoms with E-state index >= 15 is 0 Å². The first-order valence-electron chi connectivity index (χ1n) is 7.49. The second-order valence-electron chi connectivity index (χ2n) is 5.52. The molecule has 0 bridgehead atoms. The van der Waals surface area contributed by atoms with Crippen LogP contribution in [0, 0.1) is 0 Å². The molecular formula is C18H22N2O2. The minimum atomic E-state index is -0.253. The number of nitrogens with one attached hydrogen (secondary N) is 1. The third-order valence-corrected chi connectivity index (χ3v) is 3.24. The first-order valence-corrected chi connectivity index (χ1v) is 7.49. The molecule has 1 aromatic carbocycles. The maximum Gasteiger partial charge on any atom is 0.179 e. The SMILES string of the molecule is CC(C)Oc1ccc(C(=O)C(C)NCc2cccnc2)cc1. The first-order chi connectivity index (χ1) is 10.6. The van der Waals surface area contributed by atoms with Gasteiger partial charge in [0.05, 0.1) is 12.1 Å². The highest BCUT2D eigenvalue weighted by atomic mass is 16.5. The van der Waals surface area contributed by atoms with E-state index in [0.717, 1.165) is 11.3 Å². The number of Topliss-reactive ketones (excluding diaryl/α,β-unsaturated/α-hetero) is 1. The Hall–Kier alpha value is -2.20. The summed E-state index contributed by atoms with van der Waals surface area (Å²) in [6.07, 6.45) is 3.66. The molecular weight excluding hydrogens is 276 g/mol. The number of hydrogen-bond donors (Lipinski definition) is 1. The Kier molecular flexibility index (Phi) is 5.67. The molecule has 0 aliphatic carbocycles. The Morgan fingerprint density at radius 3 is 2.50 bits per heavy atom. The Morgan fingerprint density at radius 2 is 1.91 bits per heavy atom. The van der Waals surface area contributed by atoms with Gasteiger partial charge in [0.15, 0.2) is 5.78 Å². The van der Waals surface area contributed by atoms with Crippen LogP contribution in [-0.4, -0.2) is 22.9 Å². The minimum absolute atomic E-state index is 0.0694. The lowest BCUT2D eigenvalue weighted by atomic mass is 10.1. The topological polar surface area (TPSA) is 51.2 Å². The highest BCUT2D eigenvalue weighted by Crippen LogP contribution is 2.15. The zero-order valence-corrected chi connectivity index (χ0v) is 13.2. The van der Waals surface area contributed by atoms with Crippen molar-refractivity contribution in [2.45, 2.75) is 39.5 Å². The number of ether oxygens (including phenoxy) is 1. The molecule has 0 radical (unpaired) electrons. The molecule has 0 spiro atoms. The van der Waals surface area contributed by atoms with Crippen LogP contribution in [-0.2, 0) is 6.54 Å². The summed E-state index contributed by atoms with van der Waals surface area (Å²) in [6, 6.07) is 10.9. The van der Waals surface area contributed by atoms with Gasteiger partial charge in [0, 0.05) is 24.5 Å². The molecule has 2 rings (SSSR count). The molecule has 0 aliphatic heterocycles. The van der Waals surface area contributed by atoms with Crippen LogP contribution < -0.4 is 10.1 Å². The van der Waals surface area contributed by atoms with Gasteiger partial charge < -0.3 is 10.1 Å². The quantitative estimate of drug-likeness (QED) is 0.797. The highest BCUT2D eigenvalue weighted by Gasteiger charge is 2.14. The third-order valence-electron chi connectivity index (χ3n) is 3.24. The number of hydrogen-bond acceptors (Lipinski definition) is 4. The predicted molar refractivity (Wildman–Crippen MR) is 87.1 cm³/mol. The lowest BCUT2D eigenvalue weighted by molar-refractivity contribution is 0.0950. The van der Waals surface area contributed by atoms with E-state index in [0.29, 0.717) is 12.1 Å². The molecule has 0 saturated carbocycles. The summed E-state index contributed by atoms with van der Waals surface area (Å²) in [4.78, 5) is 16.4. The summed E-state index contributed by atoms with van der Waals surface area (Å²) in [5.41, 5.74) is 1.74. The second kappa shape index (κ2) is 7.71. The fourth-order valence-corrected chi connectivity index (χ4v) is 2.09. The van der Waals surface area contributed by atoms with Crippen LogP contribution >= 0.6 is 0 Å². The van der Waals surface area contributed by atoms with Crippen molar-refractivity contribution in [1.82, 2.24) is 10.3 Å². The molecule has 4 heteroatoms. The van der Waals surface area contributed by atoms with E-state index in [2.05, 4.69) is 10.3 Å². The van der Waals surface area contributed by atoms with E-state index in [1.165, 1.54) is 0 Å². The van der Waals surface area contributed by atoms with Crippen molar-refractivity contribution in [2.75, 3.05) is 0 Å². The number of benzene rings is 1. The molecule has 0 aliphatic rings. The van der Waals surface area contributed by atoms with E-state index in [-0.39, 0.29) is 17.9 Å². The Balaban J connectivity index is 1.92. The molecule has 0 amide bonds. The van der Waals surface area contributed by atoms with Gasteiger partial charge in [-0.3, -0.25) is 9.78 Å². The van der Waals surface area contributed by atoms with E-state index in [1.54, 1.807) is 12.4 Å². The van der Waals surface area contributed by atoms with Crippen LogP contribution in [0.2, 0.25) is 0 Å². The molecule has 0 fully saturated rings. The minimum Gasteiger partial charge on any atom is -0.491 e. The predicted octanol–water partition coefficient (Wildman–Crippen LogP) is 3.23. The van der Waals surface area contributed by atoms with Crippen molar-refractivity contribution in [2.24, 2.45) is 0 Å². The van der Waals surface area contributed by atoms with Gasteiger partial charge >= 0.3 is 0 Å². The fraction of sp³-hybridized carbons (Fsp3) is 0.333. The Morgan fingerprint density at radius 1 is 1.18 bits per heavy atom. The van der Waals surface area contributed by atoms with Crippen molar-refractivity contribution in [3.8, 4) is 5.75 Å². The van der Waals surface area contributed by atoms with Crippen molar-refractivity contribution < 1.29 is 9.53 Å². The molecule has 1 N–H and O–H groups in total. The van der Waals surface area contributed by atoms with E-state index in [1.807, 2.05) is 57.2 Å². The summed E-state index contributed by atoms with van der Waals surface area (Å²) in [6.45, 7) is 6.44. The molecule has 1 aromatic heterocycles. The molecule has 1 atom stereocenters. The zero-order chi connectivity index (χ0) is 15.9. The second-order valence-corrected chi connectivity index (χ2v) is 5.52. The van der Waals surface area contributed by atoms with Gasteiger partial charge in [0.2, 0.25) is 0 Å². The maximum absolute atomic E-state index is 12.4. The Labute approximate surface area is 131 Å². The van der Waals surface area contributed by atoms with Gasteiger partial charge in [-0.15, -0.1) is 0 Å². The average Bonchev–Trinajstić information content (AvgIpc) is 2.53. The van der Waals surface area contributed by atoms with E-state index in [9.17, 15) is 4.79 Å². The van der Waals surface area contributed by atoms with Crippen LogP contribution in [0.5, 0.6) is 5.75 Å². The number of pyridine rings is 1. The molecule has 1 heterocycles. The lowest BCUT2D eigenvalue weighted by Gasteiger charge is -2.14. The van der Waals surface area contributed by atoms with Gasteiger partial charge in [0.25, 0.3) is 0 Å². The zero-order valence-electron chi connectivity index (χ0n) is 13.2. The van der Waals surface area contributed by atoms with Gasteiger partial charge in [-0.2, -0.15) is 0 Å². The van der Waals surface area contributed by atoms with E-state index in [4.69, 9.17) is 4.74 Å². The molecule has 22 heavy (non-hydrogen) atoms. The number of nitrogens with zero attached hydrogens (tertiary/aromatic N) is 1. The number of carbonyl (C=O) groups excluding carboxylic acids is 1. The van der Waals surface area contributed by atoms with Crippen LogP contribution in [0.25, 0.3) is 0 Å². The molecule has 0 saturated heterocycles. The molecule has 116 valence electrons. The van der Waals surface area contributed by atoms with Crippen molar-refractivity contribution >= 4 is 5.78 Å². The van der Waals surface area contributed by atoms with Crippen molar-refractivity contribution in [3.63, 3.8) is 0 Å². The van der Waals surface area contributed by atoms with E-state index < -0.39 is 0 Å². The van der Waals surface area contributed by atoms with Crippen molar-refractivity contribution in [3.05, 3.63) is 59.9 Å². The summed E-state index contributed by atoms with van der Waals surface area (Å²) < 4.78 is 5.58. The standard InChI is InChI=1S/C18H22N2O2/c1-13(2)22-17-8-6-16(7-9-17)18(21)14(3)20-12-15-5-4-10-19-11-15/h4-11,13-14,20H,12H2,1-3H3. The van der Waals surface area contributed by atoms with Gasteiger partial charge in [-0.25, -0.2) is 0 Å². The summed E-state index contributed by atoms with van der Waals surface area (Å²) in [5.74, 6) is 0.850. The third kappa shape index (κ3) is 4.67. The largest absolute Gasteiger partial charge is 0.491 e. The molecule has 4 nitrogen and oxygen atoms in total. The number of rotatable bonds is 7. The highest BCUT2D eigenvalue weighted by molar-refractivity contribution is 5.99. The monoisotopic (exact) mass is 298 g/mol. The normalized spacial score (nSPS) is 12.2. The summed E-state index contributed by atoms with van der Waals surface area (Å²) in [5, 5.41) is 3.22. The number of ketones is 1. The first kappa shape index (κ1) is 16.2. The lowest BCUT2D eigenvalue weighted by Crippen LogP contribution is -2.33. The molecule has 2 aromatic rings. The van der Waals surface area contributed by atoms with Gasteiger partial charge in [-0.1, -0.05) is 6.07 Å². The average molecular weight is 298 g/mol. The number of carbonyl (C=O) groups is 1. The summed E-state index contributed by atoms with van der Waals surface area (Å²) >= 11 is 0. The van der Waals surface area contributed by atoms with Crippen LogP contribution in [0.3, 0.4) is 0 Å². The van der Waals surface area contributed by atoms with Crippen molar-refractivity contribution in [1.29, 1.82) is 0 Å². The number of aromatic nitrogens is 1. The van der Waals surface area contributed by atoms with Crippen LogP contribution in [0.4, 0.5) is 0 Å². The maximum atomic E-state index is 12.4. The van der Waals surface area contributed by atoms with Crippen LogP contribution in [0.1, 0.15) is 36.7 Å². The Bertz CT molecular complexity index is 594.